The van der Waals surface area contributed by atoms with Gasteiger partial charge in [0.25, 0.3) is 0 Å². The predicted octanol–water partition coefficient (Wildman–Crippen LogP) is 3.11. The summed E-state index contributed by atoms with van der Waals surface area (Å²) >= 11 is 9.11. The molecule has 1 atom stereocenters. The van der Waals surface area contributed by atoms with Gasteiger partial charge >= 0.3 is 5.97 Å². The normalized spacial score (nSPS) is 12.3. The van der Waals surface area contributed by atoms with Crippen LogP contribution >= 0.6 is 34.7 Å². The Bertz CT molecular complexity index is 604. The highest BCUT2D eigenvalue weighted by Gasteiger charge is 2.12. The van der Waals surface area contributed by atoms with E-state index in [0.29, 0.717) is 16.5 Å². The number of thioether (sulfide) groups is 1. The van der Waals surface area contributed by atoms with Gasteiger partial charge < -0.3 is 10.8 Å². The fourth-order valence-electron chi connectivity index (χ4n) is 1.49. The van der Waals surface area contributed by atoms with Crippen LogP contribution in [0.3, 0.4) is 0 Å². The number of hydrogen-bond donors (Lipinski definition) is 2. The number of thiazole rings is 1. The molecule has 0 fully saturated rings. The number of carboxylic acids is 1. The molecule has 0 saturated heterocycles. The first-order chi connectivity index (χ1) is 9.58. The third-order valence-corrected chi connectivity index (χ3v) is 4.87. The molecule has 2 aromatic rings. The molecule has 1 heterocycles. The second kappa shape index (κ2) is 7.08. The summed E-state index contributed by atoms with van der Waals surface area (Å²) in [5.74, 6) is 0.0310. The van der Waals surface area contributed by atoms with E-state index in [1.54, 1.807) is 0 Å². The Hall–Kier alpha value is -1.08. The van der Waals surface area contributed by atoms with Crippen LogP contribution in [0.25, 0.3) is 10.6 Å². The van der Waals surface area contributed by atoms with Crippen molar-refractivity contribution in [3.63, 3.8) is 0 Å². The van der Waals surface area contributed by atoms with Crippen molar-refractivity contribution >= 4 is 40.7 Å². The number of carbonyl (C=O) groups is 1. The highest BCUT2D eigenvalue weighted by Crippen LogP contribution is 2.30. The van der Waals surface area contributed by atoms with Crippen molar-refractivity contribution < 1.29 is 9.90 Å². The van der Waals surface area contributed by atoms with E-state index in [-0.39, 0.29) is 0 Å². The summed E-state index contributed by atoms with van der Waals surface area (Å²) in [6.45, 7) is 0. The SMILES string of the molecule is NC(CSCc1csc(-c2ccccc2Cl)n1)C(=O)O. The minimum atomic E-state index is -0.979. The average Bonchev–Trinajstić information content (AvgIpc) is 2.87. The topological polar surface area (TPSA) is 76.2 Å². The predicted molar refractivity (Wildman–Crippen MR) is 84.3 cm³/mol. The van der Waals surface area contributed by atoms with Crippen molar-refractivity contribution in [2.45, 2.75) is 11.8 Å². The third kappa shape index (κ3) is 3.96. The minimum Gasteiger partial charge on any atom is -0.480 e. The van der Waals surface area contributed by atoms with E-state index in [1.165, 1.54) is 23.1 Å². The Labute approximate surface area is 130 Å². The van der Waals surface area contributed by atoms with Crippen LogP contribution in [0.5, 0.6) is 0 Å². The van der Waals surface area contributed by atoms with E-state index in [9.17, 15) is 4.79 Å². The zero-order valence-corrected chi connectivity index (χ0v) is 12.8. The number of rotatable bonds is 6. The largest absolute Gasteiger partial charge is 0.480 e. The fraction of sp³-hybridized carbons (Fsp3) is 0.231. The van der Waals surface area contributed by atoms with E-state index < -0.39 is 12.0 Å². The lowest BCUT2D eigenvalue weighted by molar-refractivity contribution is -0.137. The van der Waals surface area contributed by atoms with Gasteiger partial charge in [-0.3, -0.25) is 4.79 Å². The molecule has 7 heteroatoms. The molecular weight excluding hydrogens is 316 g/mol. The van der Waals surface area contributed by atoms with E-state index >= 15 is 0 Å². The quantitative estimate of drug-likeness (QED) is 0.852. The monoisotopic (exact) mass is 328 g/mol. The van der Waals surface area contributed by atoms with E-state index in [4.69, 9.17) is 22.4 Å². The van der Waals surface area contributed by atoms with Crippen LogP contribution < -0.4 is 5.73 Å². The highest BCUT2D eigenvalue weighted by atomic mass is 35.5. The number of carboxylic acid groups (broad SMARTS) is 1. The fourth-order valence-corrected chi connectivity index (χ4v) is 3.61. The maximum absolute atomic E-state index is 10.6. The van der Waals surface area contributed by atoms with Gasteiger partial charge in [0.05, 0.1) is 10.7 Å². The first kappa shape index (κ1) is 15.3. The van der Waals surface area contributed by atoms with Gasteiger partial charge in [-0.1, -0.05) is 29.8 Å². The summed E-state index contributed by atoms with van der Waals surface area (Å²) in [6.07, 6.45) is 0. The van der Waals surface area contributed by atoms with E-state index in [2.05, 4.69) is 4.98 Å². The summed E-state index contributed by atoms with van der Waals surface area (Å²) in [5.41, 5.74) is 7.27. The zero-order chi connectivity index (χ0) is 14.5. The van der Waals surface area contributed by atoms with E-state index in [0.717, 1.165) is 16.3 Å². The van der Waals surface area contributed by atoms with Crippen molar-refractivity contribution in [2.24, 2.45) is 5.73 Å². The van der Waals surface area contributed by atoms with Crippen LogP contribution in [0.15, 0.2) is 29.6 Å². The average molecular weight is 329 g/mol. The molecule has 0 spiro atoms. The minimum absolute atomic E-state index is 0.369. The molecular formula is C13H13ClN2O2S2. The number of aliphatic carboxylic acids is 1. The molecule has 106 valence electrons. The molecule has 20 heavy (non-hydrogen) atoms. The number of aromatic nitrogens is 1. The van der Waals surface area contributed by atoms with Gasteiger partial charge in [-0.05, 0) is 6.07 Å². The summed E-state index contributed by atoms with van der Waals surface area (Å²) in [4.78, 5) is 15.1. The van der Waals surface area contributed by atoms with Crippen LogP contribution in [0.2, 0.25) is 5.02 Å². The first-order valence-corrected chi connectivity index (χ1v) is 8.24. The van der Waals surface area contributed by atoms with Gasteiger partial charge in [-0.2, -0.15) is 11.8 Å². The maximum atomic E-state index is 10.6. The van der Waals surface area contributed by atoms with Gasteiger partial charge in [0.2, 0.25) is 0 Å². The molecule has 0 aliphatic carbocycles. The van der Waals surface area contributed by atoms with E-state index in [1.807, 2.05) is 29.6 Å². The van der Waals surface area contributed by atoms with Gasteiger partial charge in [0.1, 0.15) is 11.0 Å². The zero-order valence-electron chi connectivity index (χ0n) is 10.5. The Morgan fingerprint density at radius 1 is 1.50 bits per heavy atom. The van der Waals surface area contributed by atoms with Crippen LogP contribution in [-0.4, -0.2) is 27.9 Å². The molecule has 1 aromatic heterocycles. The van der Waals surface area contributed by atoms with Crippen LogP contribution in [-0.2, 0) is 10.5 Å². The van der Waals surface area contributed by atoms with Crippen molar-refractivity contribution in [1.82, 2.24) is 4.98 Å². The Morgan fingerprint density at radius 2 is 2.25 bits per heavy atom. The summed E-state index contributed by atoms with van der Waals surface area (Å²) in [5, 5.41) is 12.2. The molecule has 2 rings (SSSR count). The second-order valence-electron chi connectivity index (χ2n) is 4.08. The number of benzene rings is 1. The van der Waals surface area contributed by atoms with Gasteiger partial charge in [0.15, 0.2) is 0 Å². The first-order valence-electron chi connectivity index (χ1n) is 5.83. The molecule has 1 unspecified atom stereocenters. The van der Waals surface area contributed by atoms with Crippen molar-refractivity contribution in [1.29, 1.82) is 0 Å². The summed E-state index contributed by atoms with van der Waals surface area (Å²) in [6, 6.07) is 6.73. The molecule has 0 bridgehead atoms. The van der Waals surface area contributed by atoms with Gasteiger partial charge in [0, 0.05) is 22.4 Å². The van der Waals surface area contributed by atoms with Crippen LogP contribution in [0, 0.1) is 0 Å². The Morgan fingerprint density at radius 3 is 2.95 bits per heavy atom. The number of hydrogen-bond acceptors (Lipinski definition) is 5. The third-order valence-electron chi connectivity index (χ3n) is 2.52. The lowest BCUT2D eigenvalue weighted by Gasteiger charge is -2.04. The van der Waals surface area contributed by atoms with Crippen molar-refractivity contribution in [3.8, 4) is 10.6 Å². The lowest BCUT2D eigenvalue weighted by atomic mass is 10.2. The Balaban J connectivity index is 1.96. The second-order valence-corrected chi connectivity index (χ2v) is 6.38. The number of nitrogens with zero attached hydrogens (tertiary/aromatic N) is 1. The summed E-state index contributed by atoms with van der Waals surface area (Å²) in [7, 11) is 0. The molecule has 3 N–H and O–H groups in total. The van der Waals surface area contributed by atoms with Gasteiger partial charge in [-0.15, -0.1) is 11.3 Å². The van der Waals surface area contributed by atoms with Crippen molar-refractivity contribution in [2.75, 3.05) is 5.75 Å². The van der Waals surface area contributed by atoms with Gasteiger partial charge in [-0.25, -0.2) is 4.98 Å². The summed E-state index contributed by atoms with van der Waals surface area (Å²) < 4.78 is 0. The molecule has 1 aromatic carbocycles. The van der Waals surface area contributed by atoms with Crippen LogP contribution in [0.4, 0.5) is 0 Å². The number of nitrogens with two attached hydrogens (primary N) is 1. The smallest absolute Gasteiger partial charge is 0.321 e. The molecule has 0 aliphatic heterocycles. The Kier molecular flexibility index (Phi) is 5.42. The molecule has 0 radical (unpaired) electrons. The van der Waals surface area contributed by atoms with Crippen LogP contribution in [0.1, 0.15) is 5.69 Å². The molecule has 4 nitrogen and oxygen atoms in total. The molecule has 0 aliphatic rings. The maximum Gasteiger partial charge on any atom is 0.321 e. The van der Waals surface area contributed by atoms with Crippen molar-refractivity contribution in [3.05, 3.63) is 40.4 Å². The number of halogens is 1. The lowest BCUT2D eigenvalue weighted by Crippen LogP contribution is -2.32. The molecule has 0 amide bonds. The standard InChI is InChI=1S/C13H13ClN2O2S2/c14-10-4-2-1-3-9(10)12-16-8(6-20-12)5-19-7-11(15)13(17)18/h1-4,6,11H,5,7,15H2,(H,17,18). The highest BCUT2D eigenvalue weighted by molar-refractivity contribution is 7.98. The molecule has 0 saturated carbocycles.